The van der Waals surface area contributed by atoms with Crippen molar-refractivity contribution in [3.63, 3.8) is 0 Å². The number of hydrogen-bond acceptors (Lipinski definition) is 7. The van der Waals surface area contributed by atoms with Crippen molar-refractivity contribution in [1.29, 1.82) is 0 Å². The lowest BCUT2D eigenvalue weighted by molar-refractivity contribution is -0.394. The van der Waals surface area contributed by atoms with Crippen LogP contribution >= 0.6 is 0 Å². The summed E-state index contributed by atoms with van der Waals surface area (Å²) in [5.74, 6) is 0.0812. The third-order valence-electron chi connectivity index (χ3n) is 5.52. The van der Waals surface area contributed by atoms with Gasteiger partial charge in [0.05, 0.1) is 21.6 Å². The Hall–Kier alpha value is -4.28. The normalized spacial score (nSPS) is 10.8. The molecule has 184 valence electrons. The monoisotopic (exact) mass is 482 g/mol. The van der Waals surface area contributed by atoms with E-state index >= 15 is 0 Å². The molecule has 0 aliphatic carbocycles. The van der Waals surface area contributed by atoms with Gasteiger partial charge in [-0.05, 0) is 43.7 Å². The quantitative estimate of drug-likeness (QED) is 0.215. The molecule has 0 aliphatic heterocycles. The minimum absolute atomic E-state index is 0.155. The van der Waals surface area contributed by atoms with Crippen LogP contribution in [0.25, 0.3) is 5.69 Å². The Morgan fingerprint density at radius 1 is 0.914 bits per heavy atom. The van der Waals surface area contributed by atoms with Crippen LogP contribution in [0.4, 0.5) is 11.4 Å². The van der Waals surface area contributed by atoms with Crippen LogP contribution in [0.15, 0.2) is 58.3 Å². The first-order valence-corrected chi connectivity index (χ1v) is 11.3. The van der Waals surface area contributed by atoms with Gasteiger partial charge in [-0.25, -0.2) is 4.79 Å². The summed E-state index contributed by atoms with van der Waals surface area (Å²) < 4.78 is 8.19. The average molecular weight is 482 g/mol. The van der Waals surface area contributed by atoms with E-state index in [4.69, 9.17) is 4.74 Å². The fourth-order valence-electron chi connectivity index (χ4n) is 3.64. The zero-order chi connectivity index (χ0) is 25.5. The maximum absolute atomic E-state index is 13.0. The van der Waals surface area contributed by atoms with Crippen LogP contribution in [0.5, 0.6) is 11.5 Å². The van der Waals surface area contributed by atoms with Crippen molar-refractivity contribution in [1.82, 2.24) is 9.13 Å². The zero-order valence-electron chi connectivity index (χ0n) is 19.5. The fraction of sp³-hybridized carbons (Fsp3) is 0.333. The lowest BCUT2D eigenvalue weighted by Crippen LogP contribution is -2.40. The zero-order valence-corrected chi connectivity index (χ0v) is 19.5. The van der Waals surface area contributed by atoms with Gasteiger partial charge in [-0.15, -0.1) is 0 Å². The molecule has 1 aromatic heterocycles. The number of nitrogens with zero attached hydrogens (tertiary/aromatic N) is 4. The third-order valence-corrected chi connectivity index (χ3v) is 5.52. The van der Waals surface area contributed by atoms with E-state index in [9.17, 15) is 29.8 Å². The first-order chi connectivity index (χ1) is 16.7. The van der Waals surface area contributed by atoms with Gasteiger partial charge in [-0.2, -0.15) is 0 Å². The lowest BCUT2D eigenvalue weighted by Gasteiger charge is -2.13. The number of aromatic nitrogens is 2. The maximum atomic E-state index is 13.0. The maximum Gasteiger partial charge on any atom is 0.335 e. The third kappa shape index (κ3) is 5.99. The van der Waals surface area contributed by atoms with Gasteiger partial charge in [0.25, 0.3) is 11.2 Å². The second-order valence-corrected chi connectivity index (χ2v) is 8.10. The van der Waals surface area contributed by atoms with Gasteiger partial charge in [0.15, 0.2) is 0 Å². The molecule has 0 fully saturated rings. The molecule has 1 heterocycles. The highest BCUT2D eigenvalue weighted by Crippen LogP contribution is 2.34. The summed E-state index contributed by atoms with van der Waals surface area (Å²) in [6.45, 7) is 4.11. The SMILES string of the molecule is CCCCCCCn1c(=O)c(C)cn(-c2ccc(Oc3ccc([N+](=O)[O-])cc3[N+](=O)[O-])cc2)c1=O. The molecule has 0 radical (unpaired) electrons. The lowest BCUT2D eigenvalue weighted by atomic mass is 10.1. The van der Waals surface area contributed by atoms with Gasteiger partial charge in [0, 0.05) is 24.4 Å². The minimum Gasteiger partial charge on any atom is -0.450 e. The molecule has 0 atom stereocenters. The summed E-state index contributed by atoms with van der Waals surface area (Å²) in [4.78, 5) is 46.3. The summed E-state index contributed by atoms with van der Waals surface area (Å²) in [6, 6.07) is 9.31. The summed E-state index contributed by atoms with van der Waals surface area (Å²) in [5.41, 5.74) is -0.804. The van der Waals surface area contributed by atoms with E-state index < -0.39 is 26.9 Å². The number of aryl methyl sites for hydroxylation is 1. The van der Waals surface area contributed by atoms with Gasteiger partial charge in [-0.1, -0.05) is 32.6 Å². The largest absolute Gasteiger partial charge is 0.450 e. The Morgan fingerprint density at radius 2 is 1.60 bits per heavy atom. The number of nitro benzene ring substituents is 2. The van der Waals surface area contributed by atoms with Crippen LogP contribution in [0, 0.1) is 27.2 Å². The summed E-state index contributed by atoms with van der Waals surface area (Å²) in [6.07, 6.45) is 6.43. The highest BCUT2D eigenvalue weighted by atomic mass is 16.6. The van der Waals surface area contributed by atoms with Gasteiger partial charge in [0.1, 0.15) is 5.75 Å². The van der Waals surface area contributed by atoms with E-state index in [-0.39, 0.29) is 17.1 Å². The molecule has 0 saturated heterocycles. The van der Waals surface area contributed by atoms with E-state index in [1.165, 1.54) is 27.5 Å². The smallest absolute Gasteiger partial charge is 0.335 e. The number of rotatable bonds is 11. The molecule has 11 nitrogen and oxygen atoms in total. The van der Waals surface area contributed by atoms with Crippen LogP contribution in [0.3, 0.4) is 0 Å². The number of unbranched alkanes of at least 4 members (excludes halogenated alkanes) is 4. The van der Waals surface area contributed by atoms with Crippen molar-refractivity contribution in [3.05, 3.63) is 95.3 Å². The van der Waals surface area contributed by atoms with Crippen LogP contribution in [0.1, 0.15) is 44.6 Å². The molecule has 0 bridgehead atoms. The highest BCUT2D eigenvalue weighted by molar-refractivity contribution is 5.55. The Kier molecular flexibility index (Phi) is 8.13. The van der Waals surface area contributed by atoms with E-state index in [0.29, 0.717) is 17.8 Å². The molecule has 0 saturated carbocycles. The summed E-state index contributed by atoms with van der Waals surface area (Å²) >= 11 is 0. The Labute approximate surface area is 200 Å². The van der Waals surface area contributed by atoms with Crippen LogP contribution in [-0.4, -0.2) is 19.0 Å². The minimum atomic E-state index is -0.759. The van der Waals surface area contributed by atoms with Crippen LogP contribution in [0.2, 0.25) is 0 Å². The van der Waals surface area contributed by atoms with E-state index in [2.05, 4.69) is 6.92 Å². The molecule has 35 heavy (non-hydrogen) atoms. The number of nitro groups is 2. The van der Waals surface area contributed by atoms with Gasteiger partial charge >= 0.3 is 11.4 Å². The van der Waals surface area contributed by atoms with Crippen LogP contribution in [-0.2, 0) is 6.54 Å². The first kappa shape index (κ1) is 25.3. The first-order valence-electron chi connectivity index (χ1n) is 11.3. The van der Waals surface area contributed by atoms with E-state index in [1.807, 2.05) is 0 Å². The molecule has 0 amide bonds. The number of benzene rings is 2. The fourth-order valence-corrected chi connectivity index (χ4v) is 3.64. The van der Waals surface area contributed by atoms with Crippen molar-refractivity contribution in [2.45, 2.75) is 52.5 Å². The second kappa shape index (κ2) is 11.2. The van der Waals surface area contributed by atoms with Crippen molar-refractivity contribution < 1.29 is 14.6 Å². The van der Waals surface area contributed by atoms with Gasteiger partial charge in [-0.3, -0.25) is 34.2 Å². The summed E-state index contributed by atoms with van der Waals surface area (Å²) in [7, 11) is 0. The molecule has 3 aromatic rings. The van der Waals surface area contributed by atoms with E-state index in [1.54, 1.807) is 19.1 Å². The molecule has 3 rings (SSSR count). The van der Waals surface area contributed by atoms with Crippen LogP contribution < -0.4 is 16.0 Å². The van der Waals surface area contributed by atoms with Crippen molar-refractivity contribution in [2.75, 3.05) is 0 Å². The Balaban J connectivity index is 1.85. The molecule has 0 aliphatic rings. The Bertz CT molecular complexity index is 1340. The van der Waals surface area contributed by atoms with Crippen molar-refractivity contribution in [3.8, 4) is 17.2 Å². The van der Waals surface area contributed by atoms with Gasteiger partial charge in [0.2, 0.25) is 5.75 Å². The van der Waals surface area contributed by atoms with E-state index in [0.717, 1.165) is 50.3 Å². The highest BCUT2D eigenvalue weighted by Gasteiger charge is 2.21. The molecular formula is C24H26N4O7. The van der Waals surface area contributed by atoms with Crippen molar-refractivity contribution in [2.24, 2.45) is 0 Å². The molecular weight excluding hydrogens is 456 g/mol. The molecule has 0 N–H and O–H groups in total. The number of non-ortho nitro benzene ring substituents is 1. The summed E-state index contributed by atoms with van der Waals surface area (Å²) in [5, 5.41) is 22.2. The predicted octanol–water partition coefficient (Wildman–Crippen LogP) is 4.89. The molecule has 0 unspecified atom stereocenters. The van der Waals surface area contributed by atoms with Crippen molar-refractivity contribution >= 4 is 11.4 Å². The molecule has 0 spiro atoms. The number of ether oxygens (including phenoxy) is 1. The topological polar surface area (TPSA) is 140 Å². The van der Waals surface area contributed by atoms with Gasteiger partial charge < -0.3 is 4.74 Å². The Morgan fingerprint density at radius 3 is 2.23 bits per heavy atom. The molecule has 11 heteroatoms. The average Bonchev–Trinajstić information content (AvgIpc) is 2.83. The number of hydrogen-bond donors (Lipinski definition) is 0. The second-order valence-electron chi connectivity index (χ2n) is 8.10. The standard InChI is InChI=1S/C24H26N4O7/c1-3-4-5-6-7-14-25-23(29)17(2)16-26(24(25)30)18-8-11-20(12-9-18)35-22-13-10-19(27(31)32)15-21(22)28(33)34/h8-13,15-16H,3-7,14H2,1-2H3. The molecule has 2 aromatic carbocycles. The predicted molar refractivity (Wildman–Crippen MR) is 130 cm³/mol.